The minimum absolute atomic E-state index is 0.836. The molecular formula is C13H16BrCl. The third-order valence-electron chi connectivity index (χ3n) is 3.23. The molecule has 2 heteroatoms. The molecule has 1 saturated carbocycles. The third-order valence-corrected chi connectivity index (χ3v) is 4.47. The Morgan fingerprint density at radius 2 is 1.93 bits per heavy atom. The van der Waals surface area contributed by atoms with Crippen LogP contribution in [0, 0.1) is 5.92 Å². The summed E-state index contributed by atoms with van der Waals surface area (Å²) in [6.07, 6.45) is 8.25. The van der Waals surface area contributed by atoms with Crippen LogP contribution in [0.5, 0.6) is 0 Å². The highest BCUT2D eigenvalue weighted by Crippen LogP contribution is 2.29. The third kappa shape index (κ3) is 3.22. The Morgan fingerprint density at radius 3 is 2.60 bits per heavy atom. The van der Waals surface area contributed by atoms with Gasteiger partial charge in [-0.25, -0.2) is 0 Å². The Kier molecular flexibility index (Phi) is 4.10. The lowest BCUT2D eigenvalue weighted by Gasteiger charge is -2.21. The predicted molar refractivity (Wildman–Crippen MR) is 69.4 cm³/mol. The molecule has 1 aromatic rings. The summed E-state index contributed by atoms with van der Waals surface area (Å²) in [6, 6.07) is 6.34. The van der Waals surface area contributed by atoms with E-state index in [0.29, 0.717) is 0 Å². The molecule has 0 aliphatic heterocycles. The van der Waals surface area contributed by atoms with E-state index in [-0.39, 0.29) is 0 Å². The van der Waals surface area contributed by atoms with E-state index in [1.807, 2.05) is 0 Å². The number of hydrogen-bond donors (Lipinski definition) is 0. The van der Waals surface area contributed by atoms with Gasteiger partial charge in [-0.1, -0.05) is 49.8 Å². The zero-order chi connectivity index (χ0) is 10.7. The van der Waals surface area contributed by atoms with E-state index < -0.39 is 0 Å². The predicted octanol–water partition coefficient (Wildman–Crippen LogP) is 5.23. The summed E-state index contributed by atoms with van der Waals surface area (Å²) in [7, 11) is 0. The van der Waals surface area contributed by atoms with Crippen LogP contribution in [-0.4, -0.2) is 0 Å². The van der Waals surface area contributed by atoms with Gasteiger partial charge in [0, 0.05) is 4.47 Å². The van der Waals surface area contributed by atoms with Crippen LogP contribution in [0.3, 0.4) is 0 Å². The van der Waals surface area contributed by atoms with Gasteiger partial charge >= 0.3 is 0 Å². The molecule has 1 aliphatic carbocycles. The van der Waals surface area contributed by atoms with Crippen LogP contribution in [0.15, 0.2) is 22.7 Å². The van der Waals surface area contributed by atoms with Gasteiger partial charge in [0.1, 0.15) is 0 Å². The smallest absolute Gasteiger partial charge is 0.0550 e. The lowest BCUT2D eigenvalue weighted by Crippen LogP contribution is -2.09. The van der Waals surface area contributed by atoms with Gasteiger partial charge in [0.05, 0.1) is 5.02 Å². The Morgan fingerprint density at radius 1 is 1.20 bits per heavy atom. The Hall–Kier alpha value is -0.0100. The molecule has 1 aromatic carbocycles. The lowest BCUT2D eigenvalue weighted by molar-refractivity contribution is 0.356. The zero-order valence-corrected chi connectivity index (χ0v) is 11.1. The van der Waals surface area contributed by atoms with Gasteiger partial charge in [-0.05, 0) is 46.0 Å². The molecule has 0 N–H and O–H groups in total. The highest BCUT2D eigenvalue weighted by molar-refractivity contribution is 9.10. The maximum Gasteiger partial charge on any atom is 0.0550 e. The zero-order valence-electron chi connectivity index (χ0n) is 8.81. The van der Waals surface area contributed by atoms with E-state index >= 15 is 0 Å². The fourth-order valence-corrected chi connectivity index (χ4v) is 2.84. The first-order chi connectivity index (χ1) is 7.25. The number of benzene rings is 1. The number of hydrogen-bond acceptors (Lipinski definition) is 0. The second kappa shape index (κ2) is 5.36. The van der Waals surface area contributed by atoms with Crippen LogP contribution in [0.4, 0.5) is 0 Å². The second-order valence-electron chi connectivity index (χ2n) is 4.46. The van der Waals surface area contributed by atoms with Gasteiger partial charge in [-0.2, -0.15) is 0 Å². The van der Waals surface area contributed by atoms with Gasteiger partial charge in [-0.3, -0.25) is 0 Å². The first kappa shape index (κ1) is 11.5. The summed E-state index contributed by atoms with van der Waals surface area (Å²) in [4.78, 5) is 0. The minimum atomic E-state index is 0.836. The van der Waals surface area contributed by atoms with Crippen molar-refractivity contribution in [3.63, 3.8) is 0 Å². The summed E-state index contributed by atoms with van der Waals surface area (Å²) in [6.45, 7) is 0. The van der Waals surface area contributed by atoms with E-state index in [9.17, 15) is 0 Å². The monoisotopic (exact) mass is 286 g/mol. The molecule has 0 atom stereocenters. The maximum atomic E-state index is 6.08. The number of halogens is 2. The Balaban J connectivity index is 2.00. The summed E-state index contributed by atoms with van der Waals surface area (Å²) in [5.41, 5.74) is 1.38. The molecule has 0 spiro atoms. The van der Waals surface area contributed by atoms with E-state index in [1.165, 1.54) is 44.1 Å². The van der Waals surface area contributed by atoms with Crippen LogP contribution < -0.4 is 0 Å². The van der Waals surface area contributed by atoms with Crippen molar-refractivity contribution >= 4 is 27.5 Å². The Bertz CT molecular complexity index is 329. The average molecular weight is 288 g/mol. The maximum absolute atomic E-state index is 6.08. The Labute approximate surface area is 105 Å². The molecule has 1 aliphatic rings. The van der Waals surface area contributed by atoms with Gasteiger partial charge in [-0.15, -0.1) is 0 Å². The molecule has 0 saturated heterocycles. The largest absolute Gasteiger partial charge is 0.0831 e. The molecule has 0 aromatic heterocycles. The van der Waals surface area contributed by atoms with Crippen LogP contribution >= 0.6 is 27.5 Å². The normalized spacial score (nSPS) is 18.0. The summed E-state index contributed by atoms with van der Waals surface area (Å²) >= 11 is 9.51. The van der Waals surface area contributed by atoms with Crippen LogP contribution in [0.2, 0.25) is 5.02 Å². The number of rotatable bonds is 2. The highest BCUT2D eigenvalue weighted by Gasteiger charge is 2.14. The van der Waals surface area contributed by atoms with Crippen LogP contribution in [-0.2, 0) is 6.42 Å². The van der Waals surface area contributed by atoms with Crippen molar-refractivity contribution in [1.82, 2.24) is 0 Å². The first-order valence-electron chi connectivity index (χ1n) is 5.69. The van der Waals surface area contributed by atoms with Crippen molar-refractivity contribution in [2.45, 2.75) is 38.5 Å². The molecule has 82 valence electrons. The van der Waals surface area contributed by atoms with Gasteiger partial charge in [0.15, 0.2) is 0 Å². The molecule has 0 unspecified atom stereocenters. The van der Waals surface area contributed by atoms with Crippen LogP contribution in [0.25, 0.3) is 0 Å². The van der Waals surface area contributed by atoms with Crippen molar-refractivity contribution in [2.24, 2.45) is 5.92 Å². The second-order valence-corrected chi connectivity index (χ2v) is 5.72. The van der Waals surface area contributed by atoms with Crippen molar-refractivity contribution in [1.29, 1.82) is 0 Å². The molecule has 0 amide bonds. The van der Waals surface area contributed by atoms with Crippen molar-refractivity contribution in [2.75, 3.05) is 0 Å². The van der Waals surface area contributed by atoms with Crippen LogP contribution in [0.1, 0.15) is 37.7 Å². The standard InChI is InChI=1S/C13H16BrCl/c14-12-7-6-11(9-13(12)15)8-10-4-2-1-3-5-10/h6-7,9-10H,1-5,8H2. The highest BCUT2D eigenvalue weighted by atomic mass is 79.9. The fourth-order valence-electron chi connectivity index (χ4n) is 2.39. The van der Waals surface area contributed by atoms with E-state index in [2.05, 4.69) is 34.1 Å². The van der Waals surface area contributed by atoms with Gasteiger partial charge in [0.25, 0.3) is 0 Å². The summed E-state index contributed by atoms with van der Waals surface area (Å²) < 4.78 is 0.997. The molecule has 0 bridgehead atoms. The first-order valence-corrected chi connectivity index (χ1v) is 6.87. The van der Waals surface area contributed by atoms with Gasteiger partial charge in [0.2, 0.25) is 0 Å². The fraction of sp³-hybridized carbons (Fsp3) is 0.538. The molecule has 15 heavy (non-hydrogen) atoms. The van der Waals surface area contributed by atoms with Gasteiger partial charge < -0.3 is 0 Å². The molecule has 2 rings (SSSR count). The van der Waals surface area contributed by atoms with E-state index in [0.717, 1.165) is 15.4 Å². The minimum Gasteiger partial charge on any atom is -0.0831 e. The molecular weight excluding hydrogens is 271 g/mol. The molecule has 0 heterocycles. The lowest BCUT2D eigenvalue weighted by atomic mass is 9.85. The molecule has 1 fully saturated rings. The SMILES string of the molecule is Clc1cc(CC2CCCCC2)ccc1Br. The average Bonchev–Trinajstić information content (AvgIpc) is 2.25. The van der Waals surface area contributed by atoms with E-state index in [1.54, 1.807) is 0 Å². The van der Waals surface area contributed by atoms with Crippen molar-refractivity contribution < 1.29 is 0 Å². The summed E-state index contributed by atoms with van der Waals surface area (Å²) in [5, 5.41) is 0.836. The quantitative estimate of drug-likeness (QED) is 0.699. The molecule has 0 radical (unpaired) electrons. The van der Waals surface area contributed by atoms with Crippen molar-refractivity contribution in [3.8, 4) is 0 Å². The topological polar surface area (TPSA) is 0 Å². The molecule has 0 nitrogen and oxygen atoms in total. The van der Waals surface area contributed by atoms with Crippen molar-refractivity contribution in [3.05, 3.63) is 33.3 Å². The van der Waals surface area contributed by atoms with E-state index in [4.69, 9.17) is 11.6 Å². The summed E-state index contributed by atoms with van der Waals surface area (Å²) in [5.74, 6) is 0.885.